The Labute approximate surface area is 101 Å². The van der Waals surface area contributed by atoms with Crippen molar-refractivity contribution in [1.29, 1.82) is 0 Å². The molecule has 0 heterocycles. The van der Waals surface area contributed by atoms with Gasteiger partial charge in [0.2, 0.25) is 5.91 Å². The van der Waals surface area contributed by atoms with Gasteiger partial charge in [-0.3, -0.25) is 4.79 Å². The molecule has 17 heavy (non-hydrogen) atoms. The van der Waals surface area contributed by atoms with Crippen molar-refractivity contribution in [2.45, 2.75) is 27.2 Å². The molecule has 0 aliphatic heterocycles. The number of halogens is 1. The Morgan fingerprint density at radius 1 is 1.47 bits per heavy atom. The predicted molar refractivity (Wildman–Crippen MR) is 68.6 cm³/mol. The van der Waals surface area contributed by atoms with E-state index in [0.717, 1.165) is 18.7 Å². The first kappa shape index (κ1) is 13.5. The van der Waals surface area contributed by atoms with Crippen LogP contribution in [-0.2, 0) is 4.79 Å². The number of hydrogen-bond acceptors (Lipinski definition) is 2. The van der Waals surface area contributed by atoms with E-state index < -0.39 is 5.82 Å². The summed E-state index contributed by atoms with van der Waals surface area (Å²) in [4.78, 5) is 10.9. The minimum atomic E-state index is -0.422. The molecule has 1 unspecified atom stereocenters. The lowest BCUT2D eigenvalue weighted by Crippen LogP contribution is -2.11. The van der Waals surface area contributed by atoms with Crippen molar-refractivity contribution in [3.63, 3.8) is 0 Å². The Bertz CT molecular complexity index is 393. The molecule has 1 atom stereocenters. The Kier molecular flexibility index (Phi) is 4.94. The maximum atomic E-state index is 13.4. The summed E-state index contributed by atoms with van der Waals surface area (Å²) in [5.41, 5.74) is 1.03. The van der Waals surface area contributed by atoms with E-state index in [-0.39, 0.29) is 11.6 Å². The molecule has 2 N–H and O–H groups in total. The highest BCUT2D eigenvalue weighted by Gasteiger charge is 2.05. The largest absolute Gasteiger partial charge is 0.385 e. The molecule has 0 aromatic heterocycles. The Morgan fingerprint density at radius 3 is 2.76 bits per heavy atom. The fraction of sp³-hybridized carbons (Fsp3) is 0.462. The second-order valence-corrected chi connectivity index (χ2v) is 4.27. The first-order valence-corrected chi connectivity index (χ1v) is 5.84. The van der Waals surface area contributed by atoms with Gasteiger partial charge in [-0.15, -0.1) is 0 Å². The molecule has 0 radical (unpaired) electrons. The van der Waals surface area contributed by atoms with Gasteiger partial charge in [0.05, 0.1) is 5.69 Å². The van der Waals surface area contributed by atoms with Crippen molar-refractivity contribution in [2.24, 2.45) is 5.92 Å². The van der Waals surface area contributed by atoms with Crippen molar-refractivity contribution in [1.82, 2.24) is 0 Å². The van der Waals surface area contributed by atoms with Crippen LogP contribution in [0, 0.1) is 11.7 Å². The van der Waals surface area contributed by atoms with E-state index in [2.05, 4.69) is 24.5 Å². The zero-order chi connectivity index (χ0) is 12.8. The van der Waals surface area contributed by atoms with Crippen molar-refractivity contribution >= 4 is 17.3 Å². The molecular formula is C13H19FN2O. The van der Waals surface area contributed by atoms with Crippen molar-refractivity contribution in [3.05, 3.63) is 24.0 Å². The van der Waals surface area contributed by atoms with Gasteiger partial charge in [0.1, 0.15) is 5.82 Å². The van der Waals surface area contributed by atoms with Crippen LogP contribution in [0.3, 0.4) is 0 Å². The van der Waals surface area contributed by atoms with Crippen LogP contribution in [0.5, 0.6) is 0 Å². The number of anilines is 2. The monoisotopic (exact) mass is 238 g/mol. The van der Waals surface area contributed by atoms with E-state index in [4.69, 9.17) is 0 Å². The van der Waals surface area contributed by atoms with Crippen LogP contribution in [-0.4, -0.2) is 12.5 Å². The van der Waals surface area contributed by atoms with Crippen LogP contribution in [0.1, 0.15) is 27.2 Å². The van der Waals surface area contributed by atoms with Gasteiger partial charge in [-0.05, 0) is 24.1 Å². The predicted octanol–water partition coefficient (Wildman–Crippen LogP) is 3.24. The van der Waals surface area contributed by atoms with Crippen molar-refractivity contribution in [2.75, 3.05) is 17.2 Å². The molecular weight excluding hydrogens is 219 g/mol. The highest BCUT2D eigenvalue weighted by atomic mass is 19.1. The molecule has 1 amide bonds. The SMILES string of the molecule is CCC(C)CNc1ccc(F)c(NC(C)=O)c1. The van der Waals surface area contributed by atoms with E-state index in [1.165, 1.54) is 13.0 Å². The van der Waals surface area contributed by atoms with Crippen LogP contribution in [0.15, 0.2) is 18.2 Å². The number of amides is 1. The molecule has 0 bridgehead atoms. The lowest BCUT2D eigenvalue weighted by molar-refractivity contribution is -0.114. The van der Waals surface area contributed by atoms with Gasteiger partial charge in [-0.2, -0.15) is 0 Å². The van der Waals surface area contributed by atoms with Gasteiger partial charge < -0.3 is 10.6 Å². The minimum absolute atomic E-state index is 0.214. The van der Waals surface area contributed by atoms with Crippen LogP contribution in [0.4, 0.5) is 15.8 Å². The summed E-state index contributed by atoms with van der Waals surface area (Å²) < 4.78 is 13.4. The molecule has 0 fully saturated rings. The van der Waals surface area contributed by atoms with Crippen LogP contribution >= 0.6 is 0 Å². The van der Waals surface area contributed by atoms with E-state index >= 15 is 0 Å². The van der Waals surface area contributed by atoms with Crippen LogP contribution in [0.2, 0.25) is 0 Å². The first-order valence-electron chi connectivity index (χ1n) is 5.84. The third-order valence-electron chi connectivity index (χ3n) is 2.63. The summed E-state index contributed by atoms with van der Waals surface area (Å²) >= 11 is 0. The standard InChI is InChI=1S/C13H19FN2O/c1-4-9(2)8-15-11-5-6-12(14)13(7-11)16-10(3)17/h5-7,9,15H,4,8H2,1-3H3,(H,16,17). The maximum Gasteiger partial charge on any atom is 0.221 e. The zero-order valence-corrected chi connectivity index (χ0v) is 10.5. The molecule has 1 rings (SSSR count). The molecule has 0 saturated carbocycles. The fourth-order valence-corrected chi connectivity index (χ4v) is 1.36. The summed E-state index contributed by atoms with van der Waals surface area (Å²) in [5.74, 6) is -0.137. The lowest BCUT2D eigenvalue weighted by atomic mass is 10.1. The van der Waals surface area contributed by atoms with Crippen LogP contribution < -0.4 is 10.6 Å². The third-order valence-corrected chi connectivity index (χ3v) is 2.63. The Morgan fingerprint density at radius 2 is 2.18 bits per heavy atom. The van der Waals surface area contributed by atoms with Gasteiger partial charge in [-0.1, -0.05) is 20.3 Å². The quantitative estimate of drug-likeness (QED) is 0.826. The molecule has 0 aliphatic carbocycles. The van der Waals surface area contributed by atoms with E-state index in [1.54, 1.807) is 12.1 Å². The number of carbonyl (C=O) groups is 1. The number of rotatable bonds is 5. The zero-order valence-electron chi connectivity index (χ0n) is 10.5. The second-order valence-electron chi connectivity index (χ2n) is 4.27. The second kappa shape index (κ2) is 6.23. The molecule has 1 aromatic carbocycles. The molecule has 0 aliphatic rings. The van der Waals surface area contributed by atoms with E-state index in [0.29, 0.717) is 5.92 Å². The topological polar surface area (TPSA) is 41.1 Å². The van der Waals surface area contributed by atoms with Crippen molar-refractivity contribution < 1.29 is 9.18 Å². The summed E-state index contributed by atoms with van der Waals surface area (Å²) in [6.45, 7) is 6.46. The summed E-state index contributed by atoms with van der Waals surface area (Å²) in [5, 5.41) is 5.68. The lowest BCUT2D eigenvalue weighted by Gasteiger charge is -2.13. The van der Waals surface area contributed by atoms with E-state index in [1.807, 2.05) is 0 Å². The summed E-state index contributed by atoms with van der Waals surface area (Å²) in [7, 11) is 0. The first-order chi connectivity index (χ1) is 8.02. The highest BCUT2D eigenvalue weighted by Crippen LogP contribution is 2.20. The average molecular weight is 238 g/mol. The summed E-state index contributed by atoms with van der Waals surface area (Å²) in [6, 6.07) is 4.63. The van der Waals surface area contributed by atoms with Crippen molar-refractivity contribution in [3.8, 4) is 0 Å². The molecule has 0 saturated heterocycles. The minimum Gasteiger partial charge on any atom is -0.385 e. The van der Waals surface area contributed by atoms with Gasteiger partial charge >= 0.3 is 0 Å². The Hall–Kier alpha value is -1.58. The summed E-state index contributed by atoms with van der Waals surface area (Å²) in [6.07, 6.45) is 1.09. The molecule has 0 spiro atoms. The number of carbonyl (C=O) groups excluding carboxylic acids is 1. The van der Waals surface area contributed by atoms with Gasteiger partial charge in [0.15, 0.2) is 0 Å². The van der Waals surface area contributed by atoms with E-state index in [9.17, 15) is 9.18 Å². The average Bonchev–Trinajstić information content (AvgIpc) is 2.29. The van der Waals surface area contributed by atoms with Gasteiger partial charge in [0.25, 0.3) is 0 Å². The third kappa shape index (κ3) is 4.43. The normalized spacial score (nSPS) is 12.0. The molecule has 3 nitrogen and oxygen atoms in total. The number of hydrogen-bond donors (Lipinski definition) is 2. The highest BCUT2D eigenvalue weighted by molar-refractivity contribution is 5.89. The van der Waals surface area contributed by atoms with Gasteiger partial charge in [0, 0.05) is 19.2 Å². The molecule has 4 heteroatoms. The Balaban J connectivity index is 2.71. The van der Waals surface area contributed by atoms with Crippen LogP contribution in [0.25, 0.3) is 0 Å². The number of benzene rings is 1. The molecule has 1 aromatic rings. The fourth-order valence-electron chi connectivity index (χ4n) is 1.36. The maximum absolute atomic E-state index is 13.4. The smallest absolute Gasteiger partial charge is 0.221 e. The molecule has 94 valence electrons. The van der Waals surface area contributed by atoms with Gasteiger partial charge in [-0.25, -0.2) is 4.39 Å². The number of nitrogens with one attached hydrogen (secondary N) is 2.